The second kappa shape index (κ2) is 22.1. The number of fused-ring (bicyclic) bond motifs is 6. The molecule has 71 heavy (non-hydrogen) atoms. The number of benzene rings is 5. The summed E-state index contributed by atoms with van der Waals surface area (Å²) in [5.41, 5.74) is 20.3. The summed E-state index contributed by atoms with van der Waals surface area (Å²) in [4.78, 5) is 8.15. The second-order valence-electron chi connectivity index (χ2n) is 21.4. The molecule has 8 aromatic rings. The van der Waals surface area contributed by atoms with Crippen molar-refractivity contribution in [2.24, 2.45) is 0 Å². The number of hydrogen-bond acceptors (Lipinski definition) is 3. The van der Waals surface area contributed by atoms with Crippen LogP contribution in [0, 0.1) is 13.8 Å². The topological polar surface area (TPSA) is 0 Å². The fraction of sp³-hybridized carbons (Fsp3) is 0.382. The van der Waals surface area contributed by atoms with Gasteiger partial charge in [-0.2, -0.15) is 0 Å². The average molecular weight is 990 g/mol. The van der Waals surface area contributed by atoms with Crippen molar-refractivity contribution in [1.82, 2.24) is 0 Å². The van der Waals surface area contributed by atoms with E-state index in [-0.39, 0.29) is 10.8 Å². The number of rotatable bonds is 23. The average Bonchev–Trinajstić information content (AvgIpc) is 4.25. The van der Waals surface area contributed by atoms with Gasteiger partial charge in [0.2, 0.25) is 0 Å². The Hall–Kier alpha value is -4.80. The third-order valence-corrected chi connectivity index (χ3v) is 20.0. The van der Waals surface area contributed by atoms with Crippen LogP contribution in [0.3, 0.4) is 0 Å². The van der Waals surface area contributed by atoms with E-state index in [2.05, 4.69) is 175 Å². The van der Waals surface area contributed by atoms with Crippen LogP contribution in [0.2, 0.25) is 0 Å². The molecule has 0 amide bonds. The highest BCUT2D eigenvalue weighted by Crippen LogP contribution is 2.58. The second-order valence-corrected chi connectivity index (χ2v) is 24.6. The summed E-state index contributed by atoms with van der Waals surface area (Å²) in [6.45, 7) is 13.9. The Labute approximate surface area is 439 Å². The first-order valence-corrected chi connectivity index (χ1v) is 30.2. The van der Waals surface area contributed by atoms with Crippen molar-refractivity contribution in [2.75, 3.05) is 0 Å². The maximum absolute atomic E-state index is 2.64. The van der Waals surface area contributed by atoms with E-state index in [4.69, 9.17) is 0 Å². The maximum Gasteiger partial charge on any atom is 0.0449 e. The Morgan fingerprint density at radius 3 is 1.04 bits per heavy atom. The number of aryl methyl sites for hydroxylation is 2. The van der Waals surface area contributed by atoms with Crippen molar-refractivity contribution < 1.29 is 0 Å². The predicted molar refractivity (Wildman–Crippen MR) is 315 cm³/mol. The zero-order chi connectivity index (χ0) is 49.0. The largest absolute Gasteiger partial charge is 0.135 e. The Bertz CT molecular complexity index is 3050. The SMILES string of the molecule is CCCCCCCCC1(CCCCCCCC)c2cc(C)ccc2-c2ccc(-c3ccc(-c4ccc(-c5ccc6c(c5)C(CCC)(CCC)c5cc(-c7ccc(-c8ccc(C)cc8)s7)ccc5-6)s4)s3)cc21. The van der Waals surface area contributed by atoms with E-state index in [1.165, 1.54) is 186 Å². The van der Waals surface area contributed by atoms with Crippen LogP contribution in [-0.2, 0) is 10.8 Å². The molecule has 3 aromatic heterocycles. The van der Waals surface area contributed by atoms with Gasteiger partial charge in [0.05, 0.1) is 0 Å². The molecule has 2 aliphatic carbocycles. The Balaban J connectivity index is 0.932. The summed E-state index contributed by atoms with van der Waals surface area (Å²) in [7, 11) is 0. The van der Waals surface area contributed by atoms with Gasteiger partial charge in [-0.05, 0) is 161 Å². The lowest BCUT2D eigenvalue weighted by molar-refractivity contribution is 0.398. The summed E-state index contributed by atoms with van der Waals surface area (Å²) < 4.78 is 0. The van der Waals surface area contributed by atoms with E-state index in [0.717, 1.165) is 25.7 Å². The summed E-state index contributed by atoms with van der Waals surface area (Å²) in [6.07, 6.45) is 23.3. The molecule has 10 rings (SSSR count). The molecular formula is C68H76S3. The van der Waals surface area contributed by atoms with Crippen LogP contribution >= 0.6 is 34.0 Å². The molecule has 366 valence electrons. The molecule has 0 saturated heterocycles. The molecule has 0 bridgehead atoms. The molecule has 0 N–H and O–H groups in total. The van der Waals surface area contributed by atoms with E-state index >= 15 is 0 Å². The van der Waals surface area contributed by atoms with Gasteiger partial charge in [-0.25, -0.2) is 0 Å². The van der Waals surface area contributed by atoms with Gasteiger partial charge in [0.1, 0.15) is 0 Å². The minimum Gasteiger partial charge on any atom is -0.135 e. The quantitative estimate of drug-likeness (QED) is 0.0560. The van der Waals surface area contributed by atoms with Crippen molar-refractivity contribution in [2.45, 2.75) is 168 Å². The molecule has 0 fully saturated rings. The van der Waals surface area contributed by atoms with Gasteiger partial charge >= 0.3 is 0 Å². The van der Waals surface area contributed by atoms with E-state index in [1.807, 2.05) is 34.0 Å². The monoisotopic (exact) mass is 989 g/mol. The molecule has 2 aliphatic rings. The molecule has 0 nitrogen and oxygen atoms in total. The number of thiophene rings is 3. The summed E-state index contributed by atoms with van der Waals surface area (Å²) in [6, 6.07) is 52.9. The minimum atomic E-state index is 0.0108. The van der Waals surface area contributed by atoms with E-state index in [1.54, 1.807) is 11.1 Å². The fourth-order valence-corrected chi connectivity index (χ4v) is 15.9. The van der Waals surface area contributed by atoms with Crippen LogP contribution in [0.15, 0.2) is 133 Å². The third-order valence-electron chi connectivity index (χ3n) is 16.4. The molecule has 0 saturated carbocycles. The Morgan fingerprint density at radius 2 is 0.606 bits per heavy atom. The summed E-state index contributed by atoms with van der Waals surface area (Å²) in [5.74, 6) is 0. The van der Waals surface area contributed by atoms with Crippen LogP contribution in [0.5, 0.6) is 0 Å². The number of hydrogen-bond donors (Lipinski definition) is 0. The minimum absolute atomic E-state index is 0.0108. The number of unbranched alkanes of at least 4 members (excludes halogenated alkanes) is 10. The highest BCUT2D eigenvalue weighted by molar-refractivity contribution is 7.25. The molecule has 0 radical (unpaired) electrons. The van der Waals surface area contributed by atoms with Gasteiger partial charge in [0.25, 0.3) is 0 Å². The first-order chi connectivity index (χ1) is 34.8. The third kappa shape index (κ3) is 9.90. The lowest BCUT2D eigenvalue weighted by atomic mass is 9.70. The summed E-state index contributed by atoms with van der Waals surface area (Å²) in [5, 5.41) is 0. The van der Waals surface area contributed by atoms with E-state index in [9.17, 15) is 0 Å². The van der Waals surface area contributed by atoms with Crippen molar-refractivity contribution in [3.8, 4) is 73.8 Å². The van der Waals surface area contributed by atoms with Crippen LogP contribution < -0.4 is 0 Å². The van der Waals surface area contributed by atoms with Gasteiger partial charge in [-0.1, -0.05) is 208 Å². The highest BCUT2D eigenvalue weighted by atomic mass is 32.1. The van der Waals surface area contributed by atoms with Gasteiger partial charge in [0.15, 0.2) is 0 Å². The summed E-state index contributed by atoms with van der Waals surface area (Å²) >= 11 is 5.85. The zero-order valence-corrected chi connectivity index (χ0v) is 46.1. The van der Waals surface area contributed by atoms with Crippen molar-refractivity contribution >= 4 is 34.0 Å². The maximum atomic E-state index is 2.64. The first kappa shape index (κ1) is 49.8. The lowest BCUT2D eigenvalue weighted by Crippen LogP contribution is -2.25. The standard InChI is InChI=1S/C68H76S3/c1-7-11-13-15-17-19-41-68(42-20-18-16-14-12-8-2)57-43-48(6)23-29-53(57)54-30-27-52(46-60(54)68)64-36-38-66(71-64)65-37-35-63(70-65)51-28-32-56-55-31-26-50(44-58(55)67(39-9-3,40-10-4)59(56)45-51)62-34-33-61(69-62)49-24-21-47(5)22-25-49/h21-38,43-46H,7-20,39-42H2,1-6H3. The van der Waals surface area contributed by atoms with Crippen molar-refractivity contribution in [3.05, 3.63) is 167 Å². The van der Waals surface area contributed by atoms with Crippen LogP contribution in [0.1, 0.15) is 177 Å². The van der Waals surface area contributed by atoms with Crippen molar-refractivity contribution in [3.63, 3.8) is 0 Å². The van der Waals surface area contributed by atoms with Crippen LogP contribution in [0.4, 0.5) is 0 Å². The van der Waals surface area contributed by atoms with Gasteiger partial charge < -0.3 is 0 Å². The molecular weight excluding hydrogens is 913 g/mol. The Morgan fingerprint density at radius 1 is 0.282 bits per heavy atom. The molecule has 5 aromatic carbocycles. The zero-order valence-electron chi connectivity index (χ0n) is 43.7. The molecule has 0 atom stereocenters. The normalized spacial score (nSPS) is 13.9. The molecule has 3 heterocycles. The first-order valence-electron chi connectivity index (χ1n) is 27.7. The fourth-order valence-electron chi connectivity index (χ4n) is 12.8. The molecule has 0 spiro atoms. The van der Waals surface area contributed by atoms with Crippen molar-refractivity contribution in [1.29, 1.82) is 0 Å². The van der Waals surface area contributed by atoms with Crippen LogP contribution in [-0.4, -0.2) is 0 Å². The smallest absolute Gasteiger partial charge is 0.0449 e. The predicted octanol–water partition coefficient (Wildman–Crippen LogP) is 22.5. The molecule has 0 unspecified atom stereocenters. The van der Waals surface area contributed by atoms with Gasteiger partial charge in [0, 0.05) is 40.1 Å². The van der Waals surface area contributed by atoms with Gasteiger partial charge in [-0.15, -0.1) is 34.0 Å². The Kier molecular flexibility index (Phi) is 15.5. The van der Waals surface area contributed by atoms with Crippen LogP contribution in [0.25, 0.3) is 73.8 Å². The lowest BCUT2D eigenvalue weighted by Gasteiger charge is -2.33. The van der Waals surface area contributed by atoms with E-state index in [0.29, 0.717) is 0 Å². The van der Waals surface area contributed by atoms with Gasteiger partial charge in [-0.3, -0.25) is 0 Å². The highest BCUT2D eigenvalue weighted by Gasteiger charge is 2.44. The van der Waals surface area contributed by atoms with E-state index < -0.39 is 0 Å². The molecule has 0 aliphatic heterocycles. The molecule has 3 heteroatoms.